The first kappa shape index (κ1) is 22.3. The van der Waals surface area contributed by atoms with Crippen molar-refractivity contribution in [3.05, 3.63) is 121 Å². The molecule has 142 valence electrons. The third-order valence-electron chi connectivity index (χ3n) is 4.72. The number of rotatable bonds is 5. The minimum Gasteiger partial charge on any atom is -0.257 e. The zero-order valence-corrected chi connectivity index (χ0v) is 18.8. The largest absolute Gasteiger partial charge is 0.257 e. The number of pyridine rings is 1. The lowest BCUT2D eigenvalue weighted by molar-refractivity contribution is 1.17. The molecular weight excluding hydrogens is 449 g/mol. The normalized spacial score (nSPS) is 10.4. The van der Waals surface area contributed by atoms with Crippen LogP contribution >= 0.6 is 36.7 Å². The molecule has 1 nitrogen and oxygen atoms in total. The molecule has 0 fully saturated rings. The van der Waals surface area contributed by atoms with E-state index in [1.54, 1.807) is 0 Å². The molecule has 4 rings (SSSR count). The number of hydrogen-bond acceptors (Lipinski definition) is 1. The smallest absolute Gasteiger partial charge is 0.118 e. The Balaban J connectivity index is 0.00000140. The highest BCUT2D eigenvalue weighted by Crippen LogP contribution is 2.57. The van der Waals surface area contributed by atoms with Gasteiger partial charge in [-0.1, -0.05) is 60.7 Å². The third kappa shape index (κ3) is 4.52. The summed E-state index contributed by atoms with van der Waals surface area (Å²) in [5.74, 6) is 0. The number of aromatic nitrogens is 1. The Morgan fingerprint density at radius 1 is 0.536 bits per heavy atom. The maximum atomic E-state index is 4.67. The summed E-state index contributed by atoms with van der Waals surface area (Å²) in [6.45, 7) is 0. The average Bonchev–Trinajstić information content (AvgIpc) is 2.75. The molecule has 0 spiro atoms. The second kappa shape index (κ2) is 10.5. The van der Waals surface area contributed by atoms with Crippen molar-refractivity contribution < 1.29 is 0 Å². The van der Waals surface area contributed by atoms with Crippen LogP contribution in [0.25, 0.3) is 0 Å². The van der Waals surface area contributed by atoms with Gasteiger partial charge in [0.1, 0.15) is 29.3 Å². The van der Waals surface area contributed by atoms with Gasteiger partial charge in [0.05, 0.1) is 5.69 Å². The van der Waals surface area contributed by atoms with E-state index in [9.17, 15) is 0 Å². The molecule has 0 amide bonds. The zero-order valence-electron chi connectivity index (χ0n) is 15.4. The lowest BCUT2D eigenvalue weighted by atomic mass is 10.3. The monoisotopic (exact) mass is 470 g/mol. The Bertz CT molecular complexity index is 854. The van der Waals surface area contributed by atoms with Crippen molar-refractivity contribution in [1.82, 2.24) is 4.98 Å². The van der Waals surface area contributed by atoms with E-state index in [4.69, 9.17) is 0 Å². The molecule has 0 aliphatic rings. The molecule has 0 N–H and O–H groups in total. The first-order chi connectivity index (χ1) is 12.9. The van der Waals surface area contributed by atoms with E-state index in [1.165, 1.54) is 15.9 Å². The van der Waals surface area contributed by atoms with Crippen molar-refractivity contribution in [2.45, 2.75) is 6.16 Å². The van der Waals surface area contributed by atoms with Crippen molar-refractivity contribution in [3.8, 4) is 0 Å². The maximum Gasteiger partial charge on any atom is 0.118 e. The van der Waals surface area contributed by atoms with Gasteiger partial charge >= 0.3 is 0 Å². The predicted octanol–water partition coefficient (Wildman–Crippen LogP) is 5.58. The summed E-state index contributed by atoms with van der Waals surface area (Å²) in [6.07, 6.45) is 2.82. The van der Waals surface area contributed by atoms with Gasteiger partial charge in [0.15, 0.2) is 0 Å². The Kier molecular flexibility index (Phi) is 8.38. The van der Waals surface area contributed by atoms with Crippen LogP contribution in [0.2, 0.25) is 0 Å². The highest BCUT2D eigenvalue weighted by Gasteiger charge is 2.45. The van der Waals surface area contributed by atoms with Crippen molar-refractivity contribution >= 4 is 52.6 Å². The molecule has 0 atom stereocenters. The summed E-state index contributed by atoms with van der Waals surface area (Å²) in [5.41, 5.74) is 1.14. The van der Waals surface area contributed by atoms with Crippen LogP contribution < -0.4 is 15.9 Å². The molecule has 1 aromatic heterocycles. The summed E-state index contributed by atoms with van der Waals surface area (Å²) in [4.78, 5) is 4.67. The van der Waals surface area contributed by atoms with Gasteiger partial charge in [0, 0.05) is 6.20 Å². The van der Waals surface area contributed by atoms with Gasteiger partial charge in [-0.2, -0.15) is 0 Å². The minimum atomic E-state index is -1.84. The zero-order chi connectivity index (χ0) is 17.7. The fraction of sp³-hybridized carbons (Fsp3) is 0.0417. The molecule has 0 bridgehead atoms. The van der Waals surface area contributed by atoms with Crippen LogP contribution in [0.1, 0.15) is 5.69 Å². The number of halogens is 2. The molecule has 28 heavy (non-hydrogen) atoms. The van der Waals surface area contributed by atoms with Crippen LogP contribution in [-0.4, -0.2) is 4.98 Å². The first-order valence-corrected chi connectivity index (χ1v) is 10.8. The summed E-state index contributed by atoms with van der Waals surface area (Å²) in [7, 11) is -1.84. The Morgan fingerprint density at radius 2 is 0.929 bits per heavy atom. The van der Waals surface area contributed by atoms with Crippen LogP contribution in [0.4, 0.5) is 0 Å². The molecule has 4 aromatic rings. The summed E-state index contributed by atoms with van der Waals surface area (Å²) < 4.78 is 0. The Labute approximate surface area is 184 Å². The molecule has 0 saturated carbocycles. The van der Waals surface area contributed by atoms with E-state index in [-0.39, 0.29) is 29.4 Å². The Morgan fingerprint density at radius 3 is 1.29 bits per heavy atom. The van der Waals surface area contributed by atoms with E-state index in [2.05, 4.69) is 108 Å². The average molecular weight is 472 g/mol. The molecule has 0 radical (unpaired) electrons. The lowest BCUT2D eigenvalue weighted by Crippen LogP contribution is -2.32. The van der Waals surface area contributed by atoms with Crippen molar-refractivity contribution in [2.75, 3.05) is 0 Å². The van der Waals surface area contributed by atoms with Gasteiger partial charge in [-0.15, -0.1) is 29.4 Å². The molecule has 0 aliphatic heterocycles. The van der Waals surface area contributed by atoms with E-state index in [0.29, 0.717) is 0 Å². The third-order valence-corrected chi connectivity index (χ3v) is 9.05. The molecule has 0 saturated heterocycles. The van der Waals surface area contributed by atoms with Crippen LogP contribution in [-0.2, 0) is 6.16 Å². The highest BCUT2D eigenvalue weighted by atomic mass is 79.9. The van der Waals surface area contributed by atoms with Crippen molar-refractivity contribution in [1.29, 1.82) is 0 Å². The van der Waals surface area contributed by atoms with Crippen LogP contribution in [0, 0.1) is 0 Å². The summed E-state index contributed by atoms with van der Waals surface area (Å²) in [5, 5.41) is 4.18. The molecule has 0 unspecified atom stereocenters. The standard InChI is InChI=1S/C24H21NP.BrH.ClH/c1-4-13-22(14-5-1)26(23-15-6-2-7-16-23,24-17-8-3-9-18-24)20-21-12-10-11-19-25-21;;/h1-19H,20H2;2*1H/q+1;;. The van der Waals surface area contributed by atoms with E-state index >= 15 is 0 Å². The first-order valence-electron chi connectivity index (χ1n) is 8.84. The van der Waals surface area contributed by atoms with E-state index in [0.717, 1.165) is 11.9 Å². The highest BCUT2D eigenvalue weighted by molar-refractivity contribution is 8.93. The predicted molar refractivity (Wildman–Crippen MR) is 131 cm³/mol. The fourth-order valence-corrected chi connectivity index (χ4v) is 7.66. The van der Waals surface area contributed by atoms with Gasteiger partial charge in [0.25, 0.3) is 0 Å². The quantitative estimate of drug-likeness (QED) is 0.347. The number of hydrogen-bond donors (Lipinski definition) is 0. The summed E-state index contributed by atoms with van der Waals surface area (Å²) >= 11 is 0. The Hall–Kier alpha value is -1.99. The van der Waals surface area contributed by atoms with Gasteiger partial charge < -0.3 is 0 Å². The number of benzene rings is 3. The van der Waals surface area contributed by atoms with Crippen LogP contribution in [0.15, 0.2) is 115 Å². The van der Waals surface area contributed by atoms with E-state index < -0.39 is 7.26 Å². The SMILES string of the molecule is Br.Cl.c1ccc([P+](Cc2ccccn2)(c2ccccc2)c2ccccc2)cc1. The molecule has 0 aliphatic carbocycles. The summed E-state index contributed by atoms with van der Waals surface area (Å²) in [6, 6.07) is 39.0. The van der Waals surface area contributed by atoms with Gasteiger partial charge in [-0.05, 0) is 48.5 Å². The molecule has 1 heterocycles. The van der Waals surface area contributed by atoms with Gasteiger partial charge in [0.2, 0.25) is 0 Å². The van der Waals surface area contributed by atoms with E-state index in [1.807, 2.05) is 12.3 Å². The maximum absolute atomic E-state index is 4.67. The molecule has 3 aromatic carbocycles. The minimum absolute atomic E-state index is 0. The molecule has 4 heteroatoms. The second-order valence-corrected chi connectivity index (χ2v) is 9.78. The van der Waals surface area contributed by atoms with Crippen molar-refractivity contribution in [3.63, 3.8) is 0 Å². The fourth-order valence-electron chi connectivity index (χ4n) is 3.50. The molecular formula is C24H23BrClNP+. The topological polar surface area (TPSA) is 12.9 Å². The van der Waals surface area contributed by atoms with Crippen LogP contribution in [0.5, 0.6) is 0 Å². The lowest BCUT2D eigenvalue weighted by Gasteiger charge is -2.27. The van der Waals surface area contributed by atoms with Gasteiger partial charge in [-0.25, -0.2) is 0 Å². The van der Waals surface area contributed by atoms with Gasteiger partial charge in [-0.3, -0.25) is 4.98 Å². The van der Waals surface area contributed by atoms with Crippen LogP contribution in [0.3, 0.4) is 0 Å². The number of nitrogens with zero attached hydrogens (tertiary/aromatic N) is 1. The second-order valence-electron chi connectivity index (χ2n) is 6.30. The van der Waals surface area contributed by atoms with Crippen molar-refractivity contribution in [2.24, 2.45) is 0 Å².